The smallest absolute Gasteiger partial charge is 0.372 e. The maximum atomic E-state index is 13.5. The van der Waals surface area contributed by atoms with Crippen molar-refractivity contribution in [3.8, 4) is 10.6 Å². The normalized spacial score (nSPS) is 13.0. The Hall–Kier alpha value is -2.77. The number of hydrogen-bond donors (Lipinski definition) is 2. The number of pyridine rings is 1. The molecule has 0 atom stereocenters. The van der Waals surface area contributed by atoms with Gasteiger partial charge in [-0.15, -0.1) is 11.3 Å². The Morgan fingerprint density at radius 2 is 1.65 bits per heavy atom. The summed E-state index contributed by atoms with van der Waals surface area (Å²) in [5.74, 6) is -12.0. The van der Waals surface area contributed by atoms with E-state index in [1.165, 1.54) is 25.3 Å². The molecule has 0 radical (unpaired) electrons. The zero-order chi connectivity index (χ0) is 23.2. The third kappa shape index (κ3) is 4.07. The quantitative estimate of drug-likeness (QED) is 0.493. The first-order chi connectivity index (χ1) is 14.3. The van der Waals surface area contributed by atoms with Gasteiger partial charge in [-0.3, -0.25) is 4.98 Å². The van der Waals surface area contributed by atoms with E-state index in [1.807, 2.05) is 0 Å². The fourth-order valence-corrected chi connectivity index (χ4v) is 3.80. The van der Waals surface area contributed by atoms with Crippen LogP contribution in [0.4, 0.5) is 42.5 Å². The predicted molar refractivity (Wildman–Crippen MR) is 102 cm³/mol. The van der Waals surface area contributed by atoms with Gasteiger partial charge in [-0.1, -0.05) is 0 Å². The number of anilines is 2. The van der Waals surface area contributed by atoms with Crippen LogP contribution in [0.15, 0.2) is 12.3 Å². The van der Waals surface area contributed by atoms with Gasteiger partial charge in [0.2, 0.25) is 5.95 Å². The number of nitrogens with one attached hydrogen (secondary N) is 2. The van der Waals surface area contributed by atoms with E-state index in [4.69, 9.17) is 0 Å². The van der Waals surface area contributed by atoms with E-state index in [0.717, 1.165) is 4.70 Å². The molecule has 0 saturated heterocycles. The lowest BCUT2D eigenvalue weighted by Crippen LogP contribution is -2.55. The second-order valence-corrected chi connectivity index (χ2v) is 7.53. The zero-order valence-electron chi connectivity index (χ0n) is 16.2. The molecule has 0 aliphatic carbocycles. The van der Waals surface area contributed by atoms with Crippen molar-refractivity contribution < 1.29 is 30.7 Å². The van der Waals surface area contributed by atoms with Gasteiger partial charge in [-0.2, -0.15) is 35.7 Å². The van der Waals surface area contributed by atoms with Crippen molar-refractivity contribution in [1.82, 2.24) is 19.9 Å². The Balaban J connectivity index is 1.93. The molecule has 2 N–H and O–H groups in total. The van der Waals surface area contributed by atoms with E-state index >= 15 is 0 Å². The molecule has 31 heavy (non-hydrogen) atoms. The summed E-state index contributed by atoms with van der Waals surface area (Å²) in [7, 11) is 1.47. The summed E-state index contributed by atoms with van der Waals surface area (Å²) < 4.78 is 90.9. The van der Waals surface area contributed by atoms with E-state index in [2.05, 4.69) is 25.3 Å². The Morgan fingerprint density at radius 3 is 2.23 bits per heavy atom. The first-order valence-corrected chi connectivity index (χ1v) is 9.45. The topological polar surface area (TPSA) is 75.6 Å². The average molecular weight is 468 g/mol. The molecular weight excluding hydrogens is 453 g/mol. The standard InChI is InChI=1S/C17H15F7N6S/c1-7-10(13-29-11-8(2)26-5-4-9(11)31-13)12(25-3)30-14(28-7)27-6-15(18,19)16(20,21)17(22,23)24/h4-5H,6H2,1-3H3,(H2,25,27,28,30). The maximum absolute atomic E-state index is 13.5. The summed E-state index contributed by atoms with van der Waals surface area (Å²) in [5, 5.41) is 5.00. The lowest BCUT2D eigenvalue weighted by Gasteiger charge is -2.28. The monoisotopic (exact) mass is 468 g/mol. The Kier molecular flexibility index (Phi) is 5.71. The van der Waals surface area contributed by atoms with Crippen molar-refractivity contribution in [2.75, 3.05) is 24.2 Å². The Labute approximate surface area is 175 Å². The number of thiazole rings is 1. The highest BCUT2D eigenvalue weighted by molar-refractivity contribution is 7.21. The van der Waals surface area contributed by atoms with Crippen molar-refractivity contribution in [2.24, 2.45) is 0 Å². The molecule has 3 aromatic heterocycles. The number of aryl methyl sites for hydroxylation is 2. The van der Waals surface area contributed by atoms with Gasteiger partial charge < -0.3 is 10.6 Å². The minimum atomic E-state index is -6.41. The molecule has 0 fully saturated rings. The van der Waals surface area contributed by atoms with Gasteiger partial charge in [0, 0.05) is 13.2 Å². The molecule has 14 heteroatoms. The van der Waals surface area contributed by atoms with E-state index in [1.54, 1.807) is 24.5 Å². The summed E-state index contributed by atoms with van der Waals surface area (Å²) in [6, 6.07) is 1.76. The number of aromatic nitrogens is 4. The largest absolute Gasteiger partial charge is 0.459 e. The molecule has 0 aromatic carbocycles. The molecule has 3 rings (SSSR count). The van der Waals surface area contributed by atoms with E-state index in [0.29, 0.717) is 21.8 Å². The molecule has 6 nitrogen and oxygen atoms in total. The minimum absolute atomic E-state index is 0.130. The van der Waals surface area contributed by atoms with Gasteiger partial charge in [0.05, 0.1) is 28.2 Å². The molecule has 0 bridgehead atoms. The highest BCUT2D eigenvalue weighted by atomic mass is 32.1. The molecule has 0 spiro atoms. The predicted octanol–water partition coefficient (Wildman–Crippen LogP) is 5.05. The van der Waals surface area contributed by atoms with Crippen LogP contribution in [0.25, 0.3) is 20.8 Å². The van der Waals surface area contributed by atoms with Gasteiger partial charge in [-0.25, -0.2) is 9.97 Å². The van der Waals surface area contributed by atoms with Gasteiger partial charge in [0.1, 0.15) is 16.3 Å². The molecule has 0 saturated carbocycles. The summed E-state index contributed by atoms with van der Waals surface area (Å²) in [6.45, 7) is 1.26. The number of alkyl halides is 7. The van der Waals surface area contributed by atoms with Crippen LogP contribution in [0.2, 0.25) is 0 Å². The summed E-state index contributed by atoms with van der Waals surface area (Å²) >= 11 is 1.30. The van der Waals surface area contributed by atoms with Crippen molar-refractivity contribution in [3.05, 3.63) is 23.7 Å². The second kappa shape index (κ2) is 7.73. The zero-order valence-corrected chi connectivity index (χ0v) is 17.0. The number of rotatable bonds is 6. The van der Waals surface area contributed by atoms with E-state index in [9.17, 15) is 30.7 Å². The number of nitrogens with zero attached hydrogens (tertiary/aromatic N) is 4. The van der Waals surface area contributed by atoms with Crippen LogP contribution in [0.3, 0.4) is 0 Å². The van der Waals surface area contributed by atoms with Crippen LogP contribution in [-0.2, 0) is 0 Å². The van der Waals surface area contributed by atoms with Gasteiger partial charge >= 0.3 is 18.0 Å². The molecule has 0 unspecified atom stereocenters. The van der Waals surface area contributed by atoms with Gasteiger partial charge in [0.25, 0.3) is 0 Å². The Morgan fingerprint density at radius 1 is 0.968 bits per heavy atom. The SMILES string of the molecule is CNc1nc(NCC(F)(F)C(F)(F)C(F)(F)F)nc(C)c1-c1nc2c(C)nccc2s1. The number of hydrogen-bond acceptors (Lipinski definition) is 7. The fraction of sp³-hybridized carbons (Fsp3) is 0.412. The Bertz CT molecular complexity index is 1110. The molecule has 0 amide bonds. The first-order valence-electron chi connectivity index (χ1n) is 8.63. The van der Waals surface area contributed by atoms with Crippen LogP contribution >= 0.6 is 11.3 Å². The van der Waals surface area contributed by atoms with Crippen LogP contribution in [0, 0.1) is 13.8 Å². The molecular formula is C17H15F7N6S. The average Bonchev–Trinajstić information content (AvgIpc) is 3.10. The second-order valence-electron chi connectivity index (χ2n) is 6.50. The number of fused-ring (bicyclic) bond motifs is 1. The lowest BCUT2D eigenvalue weighted by molar-refractivity contribution is -0.350. The third-order valence-corrected chi connectivity index (χ3v) is 5.35. The summed E-state index contributed by atoms with van der Waals surface area (Å²) in [4.78, 5) is 16.5. The van der Waals surface area contributed by atoms with Crippen LogP contribution in [-0.4, -0.2) is 51.5 Å². The van der Waals surface area contributed by atoms with Crippen molar-refractivity contribution in [2.45, 2.75) is 31.9 Å². The minimum Gasteiger partial charge on any atom is -0.372 e. The molecule has 3 heterocycles. The van der Waals surface area contributed by atoms with Crippen molar-refractivity contribution >= 4 is 33.3 Å². The first kappa shape index (κ1) is 22.9. The van der Waals surface area contributed by atoms with Gasteiger partial charge in [-0.05, 0) is 19.9 Å². The number of halogens is 7. The highest BCUT2D eigenvalue weighted by Gasteiger charge is 2.72. The van der Waals surface area contributed by atoms with Crippen molar-refractivity contribution in [1.29, 1.82) is 0 Å². The fourth-order valence-electron chi connectivity index (χ4n) is 2.69. The molecule has 0 aliphatic rings. The third-order valence-electron chi connectivity index (χ3n) is 4.31. The van der Waals surface area contributed by atoms with Crippen LogP contribution < -0.4 is 10.6 Å². The molecule has 168 valence electrons. The van der Waals surface area contributed by atoms with E-state index in [-0.39, 0.29) is 11.5 Å². The van der Waals surface area contributed by atoms with E-state index < -0.39 is 30.5 Å². The van der Waals surface area contributed by atoms with Crippen LogP contribution in [0.5, 0.6) is 0 Å². The van der Waals surface area contributed by atoms with Gasteiger partial charge in [0.15, 0.2) is 0 Å². The maximum Gasteiger partial charge on any atom is 0.459 e. The lowest BCUT2D eigenvalue weighted by atomic mass is 10.1. The summed E-state index contributed by atoms with van der Waals surface area (Å²) in [5.41, 5.74) is 2.02. The van der Waals surface area contributed by atoms with Crippen LogP contribution in [0.1, 0.15) is 11.4 Å². The molecule has 0 aliphatic heterocycles. The highest BCUT2D eigenvalue weighted by Crippen LogP contribution is 2.46. The molecule has 3 aromatic rings. The summed E-state index contributed by atoms with van der Waals surface area (Å²) in [6.07, 6.45) is -4.79. The van der Waals surface area contributed by atoms with Crippen molar-refractivity contribution in [3.63, 3.8) is 0 Å².